The summed E-state index contributed by atoms with van der Waals surface area (Å²) in [5, 5.41) is 5.87. The van der Waals surface area contributed by atoms with E-state index in [2.05, 4.69) is 31.4 Å². The summed E-state index contributed by atoms with van der Waals surface area (Å²) in [6.07, 6.45) is 1.47. The predicted octanol–water partition coefficient (Wildman–Crippen LogP) is 4.56. The molecule has 0 saturated carbocycles. The van der Waals surface area contributed by atoms with Crippen LogP contribution in [0.5, 0.6) is 0 Å². The molecule has 1 atom stereocenters. The Morgan fingerprint density at radius 1 is 1.07 bits per heavy atom. The second-order valence-corrected chi connectivity index (χ2v) is 8.39. The van der Waals surface area contributed by atoms with Gasteiger partial charge in [0.1, 0.15) is 0 Å². The maximum atomic E-state index is 12.9. The summed E-state index contributed by atoms with van der Waals surface area (Å²) in [7, 11) is 3.93. The van der Waals surface area contributed by atoms with Crippen LogP contribution in [0.4, 0.5) is 16.2 Å². The molecule has 1 heterocycles. The van der Waals surface area contributed by atoms with E-state index in [9.17, 15) is 9.59 Å². The number of amides is 3. The van der Waals surface area contributed by atoms with E-state index in [1.54, 1.807) is 12.1 Å². The summed E-state index contributed by atoms with van der Waals surface area (Å²) in [5.41, 5.74) is 2.59. The third kappa shape index (κ3) is 6.02. The molecule has 0 aliphatic heterocycles. The Kier molecular flexibility index (Phi) is 7.92. The Morgan fingerprint density at radius 2 is 1.77 bits per heavy atom. The van der Waals surface area contributed by atoms with Crippen molar-refractivity contribution in [3.05, 3.63) is 47.9 Å². The van der Waals surface area contributed by atoms with Crippen molar-refractivity contribution in [1.29, 1.82) is 0 Å². The second kappa shape index (κ2) is 10.2. The molecular formula is C23H34N4O3. The van der Waals surface area contributed by atoms with E-state index in [0.717, 1.165) is 11.3 Å². The highest BCUT2D eigenvalue weighted by Crippen LogP contribution is 2.26. The van der Waals surface area contributed by atoms with Gasteiger partial charge in [0.2, 0.25) is 0 Å². The van der Waals surface area contributed by atoms with Gasteiger partial charge in [0.15, 0.2) is 5.76 Å². The molecule has 1 aromatic carbocycles. The van der Waals surface area contributed by atoms with Crippen molar-refractivity contribution >= 4 is 23.3 Å². The number of benzene rings is 1. The van der Waals surface area contributed by atoms with Crippen molar-refractivity contribution in [2.45, 2.75) is 53.2 Å². The van der Waals surface area contributed by atoms with Crippen LogP contribution in [0.2, 0.25) is 0 Å². The predicted molar refractivity (Wildman–Crippen MR) is 121 cm³/mol. The fraction of sp³-hybridized carbons (Fsp3) is 0.478. The van der Waals surface area contributed by atoms with E-state index in [0.29, 0.717) is 18.2 Å². The highest BCUT2D eigenvalue weighted by atomic mass is 16.3. The number of nitrogens with zero attached hydrogens (tertiary/aromatic N) is 2. The Morgan fingerprint density at radius 3 is 2.30 bits per heavy atom. The topological polar surface area (TPSA) is 77.8 Å². The van der Waals surface area contributed by atoms with Crippen LogP contribution in [0.3, 0.4) is 0 Å². The van der Waals surface area contributed by atoms with Gasteiger partial charge in [-0.1, -0.05) is 13.8 Å². The van der Waals surface area contributed by atoms with Gasteiger partial charge in [-0.25, -0.2) is 4.79 Å². The minimum Gasteiger partial charge on any atom is -0.459 e. The van der Waals surface area contributed by atoms with Gasteiger partial charge in [0.25, 0.3) is 5.91 Å². The fourth-order valence-corrected chi connectivity index (χ4v) is 3.10. The summed E-state index contributed by atoms with van der Waals surface area (Å²) in [5.74, 6) is 0.237. The van der Waals surface area contributed by atoms with Crippen LogP contribution in [-0.2, 0) is 6.54 Å². The van der Waals surface area contributed by atoms with Gasteiger partial charge in [-0.2, -0.15) is 0 Å². The molecule has 0 fully saturated rings. The van der Waals surface area contributed by atoms with Crippen LogP contribution in [0.1, 0.15) is 50.7 Å². The maximum absolute atomic E-state index is 12.9. The normalized spacial score (nSPS) is 12.0. The van der Waals surface area contributed by atoms with E-state index in [1.807, 2.05) is 55.9 Å². The van der Waals surface area contributed by atoms with E-state index in [-0.39, 0.29) is 29.8 Å². The van der Waals surface area contributed by atoms with Crippen molar-refractivity contribution in [3.8, 4) is 0 Å². The first kappa shape index (κ1) is 23.3. The summed E-state index contributed by atoms with van der Waals surface area (Å²) in [6.45, 7) is 10.6. The summed E-state index contributed by atoms with van der Waals surface area (Å²) >= 11 is 0. The van der Waals surface area contributed by atoms with E-state index >= 15 is 0 Å². The van der Waals surface area contributed by atoms with Gasteiger partial charge in [-0.05, 0) is 62.6 Å². The number of rotatable bonds is 8. The fourth-order valence-electron chi connectivity index (χ4n) is 3.10. The van der Waals surface area contributed by atoms with Crippen molar-refractivity contribution < 1.29 is 14.0 Å². The zero-order valence-corrected chi connectivity index (χ0v) is 19.0. The number of hydrogen-bond donors (Lipinski definition) is 2. The van der Waals surface area contributed by atoms with Gasteiger partial charge in [0, 0.05) is 44.1 Å². The summed E-state index contributed by atoms with van der Waals surface area (Å²) in [4.78, 5) is 29.1. The number of urea groups is 1. The standard InChI is InChI=1S/C23H34N4O3/c1-15(2)17(5)27(23(29)24-16(3)4)14-18-13-19(10-11-20(18)26(6)7)25-22(28)21-9-8-12-30-21/h8-13,15-17H,14H2,1-7H3,(H,24,29)(H,25,28). The molecule has 30 heavy (non-hydrogen) atoms. The van der Waals surface area contributed by atoms with Crippen LogP contribution in [0.25, 0.3) is 0 Å². The van der Waals surface area contributed by atoms with Crippen molar-refractivity contribution in [3.63, 3.8) is 0 Å². The lowest BCUT2D eigenvalue weighted by Crippen LogP contribution is -2.48. The molecule has 7 nitrogen and oxygen atoms in total. The summed E-state index contributed by atoms with van der Waals surface area (Å²) in [6, 6.07) is 9.00. The van der Waals surface area contributed by atoms with Gasteiger partial charge in [-0.3, -0.25) is 4.79 Å². The zero-order chi connectivity index (χ0) is 22.4. The first-order valence-electron chi connectivity index (χ1n) is 10.3. The monoisotopic (exact) mass is 414 g/mol. The number of anilines is 2. The van der Waals surface area contributed by atoms with E-state index in [4.69, 9.17) is 4.42 Å². The van der Waals surface area contributed by atoms with Crippen LogP contribution >= 0.6 is 0 Å². The third-order valence-corrected chi connectivity index (χ3v) is 5.03. The Bertz CT molecular complexity index is 844. The molecule has 0 aliphatic rings. The molecule has 3 amide bonds. The third-order valence-electron chi connectivity index (χ3n) is 5.03. The quantitative estimate of drug-likeness (QED) is 0.664. The molecule has 0 radical (unpaired) electrons. The SMILES string of the molecule is CC(C)NC(=O)N(Cc1cc(NC(=O)c2ccco2)ccc1N(C)C)C(C)C(C)C. The lowest BCUT2D eigenvalue weighted by atomic mass is 10.0. The first-order valence-corrected chi connectivity index (χ1v) is 10.3. The van der Waals surface area contributed by atoms with E-state index < -0.39 is 0 Å². The molecule has 7 heteroatoms. The molecular weight excluding hydrogens is 380 g/mol. The van der Waals surface area contributed by atoms with Crippen molar-refractivity contribution in [1.82, 2.24) is 10.2 Å². The lowest BCUT2D eigenvalue weighted by molar-refractivity contribution is 0.0996. The molecule has 0 aliphatic carbocycles. The number of nitrogens with one attached hydrogen (secondary N) is 2. The number of carbonyl (C=O) groups excluding carboxylic acids is 2. The largest absolute Gasteiger partial charge is 0.459 e. The minimum atomic E-state index is -0.312. The van der Waals surface area contributed by atoms with Gasteiger partial charge < -0.3 is 24.9 Å². The van der Waals surface area contributed by atoms with Gasteiger partial charge >= 0.3 is 6.03 Å². The van der Waals surface area contributed by atoms with Gasteiger partial charge in [-0.15, -0.1) is 0 Å². The average Bonchev–Trinajstić information content (AvgIpc) is 3.19. The van der Waals surface area contributed by atoms with Gasteiger partial charge in [0.05, 0.1) is 6.26 Å². The van der Waals surface area contributed by atoms with Crippen molar-refractivity contribution in [2.75, 3.05) is 24.3 Å². The van der Waals surface area contributed by atoms with Crippen LogP contribution in [-0.4, -0.2) is 43.0 Å². The van der Waals surface area contributed by atoms with Crippen LogP contribution in [0.15, 0.2) is 41.0 Å². The highest BCUT2D eigenvalue weighted by Gasteiger charge is 2.25. The Labute approximate surface area is 179 Å². The number of carbonyl (C=O) groups is 2. The average molecular weight is 415 g/mol. The number of hydrogen-bond acceptors (Lipinski definition) is 4. The summed E-state index contributed by atoms with van der Waals surface area (Å²) < 4.78 is 5.17. The van der Waals surface area contributed by atoms with Crippen LogP contribution in [0, 0.1) is 5.92 Å². The molecule has 0 saturated heterocycles. The molecule has 1 unspecified atom stereocenters. The molecule has 2 rings (SSSR count). The molecule has 0 bridgehead atoms. The van der Waals surface area contributed by atoms with Crippen molar-refractivity contribution in [2.24, 2.45) is 5.92 Å². The van der Waals surface area contributed by atoms with E-state index in [1.165, 1.54) is 6.26 Å². The molecule has 2 N–H and O–H groups in total. The molecule has 2 aromatic rings. The highest BCUT2D eigenvalue weighted by molar-refractivity contribution is 6.02. The molecule has 164 valence electrons. The number of furan rings is 1. The Hall–Kier alpha value is -2.96. The Balaban J connectivity index is 2.34. The zero-order valence-electron chi connectivity index (χ0n) is 19.0. The first-order chi connectivity index (χ1) is 14.1. The minimum absolute atomic E-state index is 0.0418. The molecule has 1 aromatic heterocycles. The molecule has 0 spiro atoms. The lowest BCUT2D eigenvalue weighted by Gasteiger charge is -2.34. The maximum Gasteiger partial charge on any atom is 0.318 e. The smallest absolute Gasteiger partial charge is 0.318 e. The second-order valence-electron chi connectivity index (χ2n) is 8.39. The van der Waals surface area contributed by atoms with Crippen LogP contribution < -0.4 is 15.5 Å².